The lowest BCUT2D eigenvalue weighted by Crippen LogP contribution is -2.35. The minimum absolute atomic E-state index is 0.152. The van der Waals surface area contributed by atoms with Gasteiger partial charge >= 0.3 is 5.69 Å². The van der Waals surface area contributed by atoms with Gasteiger partial charge in [-0.3, -0.25) is 19.1 Å². The largest absolute Gasteiger partial charge is 0.351 e. The monoisotopic (exact) mass is 345 g/mol. The fourth-order valence-corrected chi connectivity index (χ4v) is 2.88. The average molecular weight is 345 g/mol. The molecule has 0 bridgehead atoms. The molecule has 134 valence electrons. The maximum absolute atomic E-state index is 12.5. The molecule has 1 saturated carbocycles. The lowest BCUT2D eigenvalue weighted by Gasteiger charge is -2.14. The summed E-state index contributed by atoms with van der Waals surface area (Å²) in [4.78, 5) is 44.1. The van der Waals surface area contributed by atoms with Crippen LogP contribution in [0.25, 0.3) is 11.0 Å². The molecule has 2 aromatic heterocycles. The Morgan fingerprint density at radius 1 is 1.44 bits per heavy atom. The van der Waals surface area contributed by atoms with E-state index in [1.807, 2.05) is 13.8 Å². The highest BCUT2D eigenvalue weighted by atomic mass is 16.2. The molecule has 3 rings (SSSR count). The quantitative estimate of drug-likeness (QED) is 0.695. The summed E-state index contributed by atoms with van der Waals surface area (Å²) in [5.74, 6) is 0.0973. The van der Waals surface area contributed by atoms with Crippen LogP contribution in [0, 0.1) is 5.92 Å². The van der Waals surface area contributed by atoms with E-state index < -0.39 is 11.2 Å². The van der Waals surface area contributed by atoms with Crippen molar-refractivity contribution in [2.45, 2.75) is 39.2 Å². The van der Waals surface area contributed by atoms with Crippen molar-refractivity contribution >= 4 is 16.9 Å². The van der Waals surface area contributed by atoms with E-state index in [-0.39, 0.29) is 34.3 Å². The molecule has 1 amide bonds. The van der Waals surface area contributed by atoms with E-state index in [4.69, 9.17) is 5.73 Å². The maximum atomic E-state index is 12.5. The number of amides is 1. The number of rotatable bonds is 6. The number of H-pyrrole nitrogens is 1. The van der Waals surface area contributed by atoms with Gasteiger partial charge in [0.2, 0.25) is 0 Å². The fourth-order valence-electron chi connectivity index (χ4n) is 2.88. The Morgan fingerprint density at radius 2 is 2.16 bits per heavy atom. The Labute approximate surface area is 144 Å². The standard InChI is InChI=1S/C17H23N5O3/c1-9(2)8-22-14-13(16(24)21-17(22)25)11(15(23)19-6-5-18)7-12(20-14)10-3-4-10/h7,9-10H,3-6,8,18H2,1-2H3,(H,19,23)(H,21,24,25). The normalized spacial score (nSPS) is 14.2. The number of aromatic nitrogens is 3. The molecule has 8 nitrogen and oxygen atoms in total. The molecule has 0 unspecified atom stereocenters. The van der Waals surface area contributed by atoms with E-state index in [1.54, 1.807) is 6.07 Å². The lowest BCUT2D eigenvalue weighted by molar-refractivity contribution is 0.0956. The zero-order valence-corrected chi connectivity index (χ0v) is 14.5. The van der Waals surface area contributed by atoms with Crippen molar-refractivity contribution in [2.24, 2.45) is 11.7 Å². The fraction of sp³-hybridized carbons (Fsp3) is 0.529. The summed E-state index contributed by atoms with van der Waals surface area (Å²) in [5.41, 5.74) is 5.64. The minimum atomic E-state index is -0.590. The number of pyridine rings is 1. The van der Waals surface area contributed by atoms with Crippen molar-refractivity contribution in [2.75, 3.05) is 13.1 Å². The van der Waals surface area contributed by atoms with Crippen molar-refractivity contribution in [3.8, 4) is 0 Å². The summed E-state index contributed by atoms with van der Waals surface area (Å²) in [6.45, 7) is 4.98. The van der Waals surface area contributed by atoms with Crippen molar-refractivity contribution in [3.05, 3.63) is 38.2 Å². The molecule has 2 aromatic rings. The molecule has 4 N–H and O–H groups in total. The second-order valence-electron chi connectivity index (χ2n) is 6.88. The summed E-state index contributed by atoms with van der Waals surface area (Å²) in [6, 6.07) is 1.67. The van der Waals surface area contributed by atoms with Gasteiger partial charge in [-0.25, -0.2) is 9.78 Å². The number of hydrogen-bond donors (Lipinski definition) is 3. The zero-order valence-electron chi connectivity index (χ0n) is 14.5. The number of carbonyl (C=O) groups excluding carboxylic acids is 1. The van der Waals surface area contributed by atoms with Gasteiger partial charge in [-0.05, 0) is 24.8 Å². The second kappa shape index (κ2) is 6.79. The number of nitrogens with two attached hydrogens (primary N) is 1. The summed E-state index contributed by atoms with van der Waals surface area (Å²) in [6.07, 6.45) is 2.00. The van der Waals surface area contributed by atoms with Crippen LogP contribution in [0.1, 0.15) is 48.7 Å². The molecule has 0 spiro atoms. The minimum Gasteiger partial charge on any atom is -0.351 e. The summed E-state index contributed by atoms with van der Waals surface area (Å²) >= 11 is 0. The van der Waals surface area contributed by atoms with E-state index in [1.165, 1.54) is 4.57 Å². The third kappa shape index (κ3) is 3.48. The van der Waals surface area contributed by atoms with Gasteiger partial charge in [0.05, 0.1) is 10.9 Å². The first-order valence-electron chi connectivity index (χ1n) is 8.58. The van der Waals surface area contributed by atoms with Gasteiger partial charge in [-0.2, -0.15) is 0 Å². The summed E-state index contributed by atoms with van der Waals surface area (Å²) in [7, 11) is 0. The third-order valence-electron chi connectivity index (χ3n) is 4.19. The Hall–Kier alpha value is -2.48. The van der Waals surface area contributed by atoms with Crippen LogP contribution in [0.3, 0.4) is 0 Å². The van der Waals surface area contributed by atoms with Crippen molar-refractivity contribution in [3.63, 3.8) is 0 Å². The van der Waals surface area contributed by atoms with Gasteiger partial charge in [0.15, 0.2) is 5.65 Å². The highest BCUT2D eigenvalue weighted by molar-refractivity contribution is 6.05. The molecule has 1 fully saturated rings. The first-order chi connectivity index (χ1) is 11.9. The molecule has 0 aromatic carbocycles. The molecule has 25 heavy (non-hydrogen) atoms. The number of nitrogens with one attached hydrogen (secondary N) is 2. The van der Waals surface area contributed by atoms with E-state index in [9.17, 15) is 14.4 Å². The highest BCUT2D eigenvalue weighted by Gasteiger charge is 2.28. The lowest BCUT2D eigenvalue weighted by atomic mass is 10.1. The van der Waals surface area contributed by atoms with Crippen LogP contribution in [-0.2, 0) is 6.54 Å². The van der Waals surface area contributed by atoms with Crippen molar-refractivity contribution in [1.29, 1.82) is 0 Å². The molecule has 8 heteroatoms. The zero-order chi connectivity index (χ0) is 18.1. The molecular weight excluding hydrogens is 322 g/mol. The highest BCUT2D eigenvalue weighted by Crippen LogP contribution is 2.39. The van der Waals surface area contributed by atoms with E-state index in [0.29, 0.717) is 19.6 Å². The Morgan fingerprint density at radius 3 is 2.76 bits per heavy atom. The number of carbonyl (C=O) groups is 1. The molecule has 1 aliphatic rings. The first-order valence-corrected chi connectivity index (χ1v) is 8.58. The molecule has 0 aliphatic heterocycles. The number of nitrogens with zero attached hydrogens (tertiary/aromatic N) is 2. The van der Waals surface area contributed by atoms with Crippen LogP contribution < -0.4 is 22.3 Å². The predicted molar refractivity (Wildman–Crippen MR) is 94.8 cm³/mol. The second-order valence-corrected chi connectivity index (χ2v) is 6.88. The van der Waals surface area contributed by atoms with Gasteiger partial charge in [0.1, 0.15) is 0 Å². The van der Waals surface area contributed by atoms with E-state index in [2.05, 4.69) is 15.3 Å². The average Bonchev–Trinajstić information content (AvgIpc) is 3.40. The van der Waals surface area contributed by atoms with Crippen LogP contribution in [-0.4, -0.2) is 33.5 Å². The van der Waals surface area contributed by atoms with Gasteiger partial charge in [-0.1, -0.05) is 13.8 Å². The molecular formula is C17H23N5O3. The summed E-state index contributed by atoms with van der Waals surface area (Å²) in [5, 5.41) is 2.85. The Kier molecular flexibility index (Phi) is 4.71. The first kappa shape index (κ1) is 17.3. The van der Waals surface area contributed by atoms with Crippen LogP contribution in [0.5, 0.6) is 0 Å². The molecule has 1 aliphatic carbocycles. The topological polar surface area (TPSA) is 123 Å². The maximum Gasteiger partial charge on any atom is 0.330 e. The van der Waals surface area contributed by atoms with E-state index in [0.717, 1.165) is 18.5 Å². The van der Waals surface area contributed by atoms with Crippen molar-refractivity contribution in [1.82, 2.24) is 19.9 Å². The van der Waals surface area contributed by atoms with Gasteiger partial charge in [0.25, 0.3) is 11.5 Å². The smallest absolute Gasteiger partial charge is 0.330 e. The summed E-state index contributed by atoms with van der Waals surface area (Å²) < 4.78 is 1.45. The van der Waals surface area contributed by atoms with Crippen LogP contribution in [0.4, 0.5) is 0 Å². The Balaban J connectivity index is 2.28. The van der Waals surface area contributed by atoms with Gasteiger partial charge in [-0.15, -0.1) is 0 Å². The predicted octanol–water partition coefficient (Wildman–Crippen LogP) is 0.307. The van der Waals surface area contributed by atoms with Crippen molar-refractivity contribution < 1.29 is 4.79 Å². The van der Waals surface area contributed by atoms with E-state index >= 15 is 0 Å². The van der Waals surface area contributed by atoms with Crippen LogP contribution >= 0.6 is 0 Å². The van der Waals surface area contributed by atoms with Crippen LogP contribution in [0.2, 0.25) is 0 Å². The van der Waals surface area contributed by atoms with Crippen LogP contribution in [0.15, 0.2) is 15.7 Å². The molecule has 0 atom stereocenters. The Bertz CT molecular complexity index is 924. The number of aromatic amines is 1. The number of fused-ring (bicyclic) bond motifs is 1. The number of hydrogen-bond acceptors (Lipinski definition) is 5. The molecule has 0 saturated heterocycles. The third-order valence-corrected chi connectivity index (χ3v) is 4.19. The van der Waals surface area contributed by atoms with Gasteiger partial charge in [0, 0.05) is 31.2 Å². The SMILES string of the molecule is CC(C)Cn1c(=O)[nH]c(=O)c2c(C(=O)NCCN)cc(C3CC3)nc21. The van der Waals surface area contributed by atoms with Gasteiger partial charge < -0.3 is 11.1 Å². The molecule has 2 heterocycles. The molecule has 0 radical (unpaired) electrons.